The lowest BCUT2D eigenvalue weighted by Crippen LogP contribution is -2.06. The minimum absolute atomic E-state index is 0.392. The summed E-state index contributed by atoms with van der Waals surface area (Å²) in [6.07, 6.45) is 1.18. The van der Waals surface area contributed by atoms with Crippen molar-refractivity contribution < 1.29 is 18.9 Å². The molecule has 0 aromatic rings. The van der Waals surface area contributed by atoms with E-state index in [2.05, 4.69) is 0 Å². The van der Waals surface area contributed by atoms with E-state index in [-0.39, 0.29) is 0 Å². The lowest BCUT2D eigenvalue weighted by molar-refractivity contribution is 0.102. The van der Waals surface area contributed by atoms with Crippen LogP contribution in [0.25, 0.3) is 0 Å². The lowest BCUT2D eigenvalue weighted by Gasteiger charge is -1.95. The van der Waals surface area contributed by atoms with Crippen LogP contribution in [0.2, 0.25) is 0 Å². The molecule has 0 amide bonds. The maximum Gasteiger partial charge on any atom is 0.104 e. The van der Waals surface area contributed by atoms with Crippen LogP contribution in [0, 0.1) is 0 Å². The summed E-state index contributed by atoms with van der Waals surface area (Å²) in [6.45, 7) is 4.14. The first-order valence-electron chi connectivity index (χ1n) is 4.87. The number of epoxide rings is 3. The lowest BCUT2D eigenvalue weighted by atomic mass is 10.5. The molecule has 0 saturated carbocycles. The Kier molecular flexibility index (Phi) is 4.01. The molecule has 3 aliphatic rings. The highest BCUT2D eigenvalue weighted by molar-refractivity contribution is 6.18. The smallest absolute Gasteiger partial charge is 0.104 e. The third kappa shape index (κ3) is 5.12. The summed E-state index contributed by atoms with van der Waals surface area (Å²) < 4.78 is 19.8. The van der Waals surface area contributed by atoms with E-state index in [0.29, 0.717) is 24.2 Å². The average molecular weight is 223 g/mol. The zero-order valence-corrected chi connectivity index (χ0v) is 8.74. The number of ether oxygens (including phenoxy) is 4. The van der Waals surface area contributed by atoms with Gasteiger partial charge in [0.1, 0.15) is 12.2 Å². The van der Waals surface area contributed by atoms with Crippen molar-refractivity contribution in [1.29, 1.82) is 0 Å². The van der Waals surface area contributed by atoms with Crippen molar-refractivity contribution in [3.05, 3.63) is 0 Å². The first kappa shape index (κ1) is 10.6. The summed E-state index contributed by atoms with van der Waals surface area (Å²) in [4.78, 5) is 0. The molecule has 0 bridgehead atoms. The zero-order chi connectivity index (χ0) is 9.80. The van der Waals surface area contributed by atoms with E-state index in [1.165, 1.54) is 0 Å². The Hall–Kier alpha value is 0.130. The predicted octanol–water partition coefficient (Wildman–Crippen LogP) is 0.425. The molecule has 0 N–H and O–H groups in total. The van der Waals surface area contributed by atoms with Crippen LogP contribution in [-0.2, 0) is 18.9 Å². The van der Waals surface area contributed by atoms with Gasteiger partial charge in [-0.05, 0) is 0 Å². The van der Waals surface area contributed by atoms with Gasteiger partial charge >= 0.3 is 0 Å². The fraction of sp³-hybridized carbons (Fsp3) is 1.00. The van der Waals surface area contributed by atoms with E-state index < -0.39 is 0 Å². The minimum Gasteiger partial charge on any atom is -0.376 e. The molecule has 0 radical (unpaired) electrons. The van der Waals surface area contributed by atoms with Crippen LogP contribution in [0.4, 0.5) is 0 Å². The van der Waals surface area contributed by atoms with E-state index in [0.717, 1.165) is 33.0 Å². The van der Waals surface area contributed by atoms with Crippen molar-refractivity contribution in [1.82, 2.24) is 0 Å². The van der Waals surface area contributed by atoms with Gasteiger partial charge in [0.05, 0.1) is 45.0 Å². The van der Waals surface area contributed by atoms with Crippen molar-refractivity contribution in [2.75, 3.05) is 38.9 Å². The molecular weight excluding hydrogens is 208 g/mol. The molecule has 0 aromatic heterocycles. The maximum absolute atomic E-state index is 5.27. The second-order valence-corrected chi connectivity index (χ2v) is 3.87. The second kappa shape index (κ2) is 5.28. The highest BCUT2D eigenvalue weighted by Crippen LogP contribution is 2.12. The molecule has 3 unspecified atom stereocenters. The van der Waals surface area contributed by atoms with E-state index in [9.17, 15) is 0 Å². The topological polar surface area (TPSA) is 46.8 Å². The molecule has 3 aliphatic heterocycles. The third-order valence-corrected chi connectivity index (χ3v) is 2.33. The van der Waals surface area contributed by atoms with Crippen LogP contribution < -0.4 is 0 Å². The first-order chi connectivity index (χ1) is 6.88. The molecule has 82 valence electrons. The second-order valence-electron chi connectivity index (χ2n) is 3.56. The molecule has 5 heteroatoms. The summed E-state index contributed by atoms with van der Waals surface area (Å²) >= 11 is 5.27. The van der Waals surface area contributed by atoms with Gasteiger partial charge in [-0.15, -0.1) is 11.6 Å². The predicted molar refractivity (Wildman–Crippen MR) is 50.8 cm³/mol. The molecule has 14 heavy (non-hydrogen) atoms. The Balaban J connectivity index is 0.000000128. The molecule has 3 fully saturated rings. The van der Waals surface area contributed by atoms with Crippen molar-refractivity contribution in [3.63, 3.8) is 0 Å². The van der Waals surface area contributed by atoms with Crippen molar-refractivity contribution >= 4 is 11.6 Å². The zero-order valence-electron chi connectivity index (χ0n) is 7.99. The number of alkyl halides is 1. The number of hydrogen-bond acceptors (Lipinski definition) is 4. The Morgan fingerprint density at radius 2 is 1.36 bits per heavy atom. The van der Waals surface area contributed by atoms with E-state index in [1.54, 1.807) is 0 Å². The summed E-state index contributed by atoms with van der Waals surface area (Å²) in [7, 11) is 0. The van der Waals surface area contributed by atoms with Gasteiger partial charge in [0, 0.05) is 0 Å². The number of hydrogen-bond donors (Lipinski definition) is 0. The number of rotatable bonds is 5. The molecule has 0 aliphatic carbocycles. The maximum atomic E-state index is 5.27. The molecule has 3 rings (SSSR count). The molecule has 3 saturated heterocycles. The van der Waals surface area contributed by atoms with Crippen molar-refractivity contribution in [2.45, 2.75) is 18.3 Å². The van der Waals surface area contributed by atoms with Crippen molar-refractivity contribution in [3.8, 4) is 0 Å². The molecule has 4 nitrogen and oxygen atoms in total. The minimum atomic E-state index is 0.392. The van der Waals surface area contributed by atoms with E-state index >= 15 is 0 Å². The normalized spacial score (nSPS) is 37.1. The summed E-state index contributed by atoms with van der Waals surface area (Å²) in [6, 6.07) is 0. The average Bonchev–Trinajstić information content (AvgIpc) is 2.96. The molecule has 0 spiro atoms. The molecule has 3 atom stereocenters. The van der Waals surface area contributed by atoms with Gasteiger partial charge in [0.2, 0.25) is 0 Å². The molecule has 0 aromatic carbocycles. The van der Waals surface area contributed by atoms with Gasteiger partial charge in [0.25, 0.3) is 0 Å². The van der Waals surface area contributed by atoms with Crippen LogP contribution in [0.1, 0.15) is 0 Å². The van der Waals surface area contributed by atoms with Gasteiger partial charge in [0.15, 0.2) is 0 Å². The Morgan fingerprint density at radius 1 is 0.929 bits per heavy atom. The fourth-order valence-corrected chi connectivity index (χ4v) is 0.995. The SMILES string of the molecule is C(OCC1CO1)C1CO1.ClCC1CO1. The molecule has 3 heterocycles. The van der Waals surface area contributed by atoms with E-state index in [1.807, 2.05) is 0 Å². The van der Waals surface area contributed by atoms with Gasteiger partial charge in [-0.1, -0.05) is 0 Å². The van der Waals surface area contributed by atoms with Crippen molar-refractivity contribution in [2.24, 2.45) is 0 Å². The summed E-state index contributed by atoms with van der Waals surface area (Å²) in [5.74, 6) is 0.667. The Labute approximate surface area is 88.4 Å². The van der Waals surface area contributed by atoms with Crippen LogP contribution in [-0.4, -0.2) is 57.2 Å². The van der Waals surface area contributed by atoms with Gasteiger partial charge < -0.3 is 18.9 Å². The third-order valence-electron chi connectivity index (χ3n) is 1.99. The van der Waals surface area contributed by atoms with Gasteiger partial charge in [-0.25, -0.2) is 0 Å². The molecular formula is C9H15ClO4. The van der Waals surface area contributed by atoms with E-state index in [4.69, 9.17) is 30.5 Å². The van der Waals surface area contributed by atoms with Crippen LogP contribution in [0.15, 0.2) is 0 Å². The van der Waals surface area contributed by atoms with Crippen LogP contribution in [0.5, 0.6) is 0 Å². The fourth-order valence-electron chi connectivity index (χ4n) is 0.817. The largest absolute Gasteiger partial charge is 0.376 e. The number of halogens is 1. The van der Waals surface area contributed by atoms with Crippen LogP contribution in [0.3, 0.4) is 0 Å². The quantitative estimate of drug-likeness (QED) is 0.500. The monoisotopic (exact) mass is 222 g/mol. The highest BCUT2D eigenvalue weighted by Gasteiger charge is 2.26. The van der Waals surface area contributed by atoms with Gasteiger partial charge in [-0.2, -0.15) is 0 Å². The standard InChI is InChI=1S/C6H10O3.C3H5ClO/c1(5-3-8-5)7-2-6-4-9-6;4-1-3-2-5-3/h5-6H,1-4H2;3H,1-2H2. The summed E-state index contributed by atoms with van der Waals surface area (Å²) in [5, 5.41) is 0. The van der Waals surface area contributed by atoms with Crippen LogP contribution >= 0.6 is 11.6 Å². The highest BCUT2D eigenvalue weighted by atomic mass is 35.5. The Bertz CT molecular complexity index is 154. The summed E-state index contributed by atoms with van der Waals surface area (Å²) in [5.41, 5.74) is 0. The van der Waals surface area contributed by atoms with Gasteiger partial charge in [-0.3, -0.25) is 0 Å². The first-order valence-corrected chi connectivity index (χ1v) is 5.40. The Morgan fingerprint density at radius 3 is 1.57 bits per heavy atom.